The van der Waals surface area contributed by atoms with Gasteiger partial charge in [0.2, 0.25) is 0 Å². The molecule has 1 heterocycles. The van der Waals surface area contributed by atoms with Crippen LogP contribution in [-0.4, -0.2) is 22.5 Å². The summed E-state index contributed by atoms with van der Waals surface area (Å²) < 4.78 is 7.46. The van der Waals surface area contributed by atoms with Crippen LogP contribution in [0.25, 0.3) is 11.0 Å². The standard InChI is InChI=1S/C13H17ClN2O/c1-3-8-16-12-5-4-10(17-2)9-11(12)15-13(16)6-7-14/h4-5,9H,3,6-8H2,1-2H3. The molecule has 3 nitrogen and oxygen atoms in total. The number of fused-ring (bicyclic) bond motifs is 1. The lowest BCUT2D eigenvalue weighted by molar-refractivity contribution is 0.415. The number of hydrogen-bond donors (Lipinski definition) is 0. The number of hydrogen-bond acceptors (Lipinski definition) is 2. The van der Waals surface area contributed by atoms with Crippen molar-refractivity contribution >= 4 is 22.6 Å². The third kappa shape index (κ3) is 2.39. The maximum absolute atomic E-state index is 5.82. The molecule has 1 aromatic heterocycles. The molecular weight excluding hydrogens is 236 g/mol. The molecule has 0 aliphatic carbocycles. The molecule has 2 rings (SSSR count). The van der Waals surface area contributed by atoms with Gasteiger partial charge in [-0.25, -0.2) is 4.98 Å². The Morgan fingerprint density at radius 1 is 1.41 bits per heavy atom. The predicted octanol–water partition coefficient (Wildman–Crippen LogP) is 3.24. The highest BCUT2D eigenvalue weighted by Crippen LogP contribution is 2.22. The minimum absolute atomic E-state index is 0.601. The van der Waals surface area contributed by atoms with E-state index in [-0.39, 0.29) is 0 Å². The van der Waals surface area contributed by atoms with Gasteiger partial charge in [0, 0.05) is 24.9 Å². The van der Waals surface area contributed by atoms with E-state index < -0.39 is 0 Å². The summed E-state index contributed by atoms with van der Waals surface area (Å²) in [7, 11) is 1.67. The number of rotatable bonds is 5. The first kappa shape index (κ1) is 12.2. The maximum Gasteiger partial charge on any atom is 0.121 e. The summed E-state index contributed by atoms with van der Waals surface area (Å²) in [6.07, 6.45) is 1.89. The van der Waals surface area contributed by atoms with Crippen LogP contribution in [0.3, 0.4) is 0 Å². The maximum atomic E-state index is 5.82. The van der Waals surface area contributed by atoms with Crippen LogP contribution in [0.2, 0.25) is 0 Å². The number of benzene rings is 1. The summed E-state index contributed by atoms with van der Waals surface area (Å²) in [4.78, 5) is 4.63. The van der Waals surface area contributed by atoms with Gasteiger partial charge in [-0.05, 0) is 18.6 Å². The van der Waals surface area contributed by atoms with Gasteiger partial charge in [0.25, 0.3) is 0 Å². The van der Waals surface area contributed by atoms with Crippen LogP contribution in [0.1, 0.15) is 19.2 Å². The molecule has 0 bridgehead atoms. The molecule has 0 amide bonds. The number of aromatic nitrogens is 2. The molecule has 0 aliphatic rings. The molecule has 0 saturated carbocycles. The number of methoxy groups -OCH3 is 1. The highest BCUT2D eigenvalue weighted by molar-refractivity contribution is 6.17. The van der Waals surface area contributed by atoms with Crippen molar-refractivity contribution in [2.45, 2.75) is 26.3 Å². The Hall–Kier alpha value is -1.22. The number of nitrogens with zero attached hydrogens (tertiary/aromatic N) is 2. The molecule has 4 heteroatoms. The van der Waals surface area contributed by atoms with E-state index in [2.05, 4.69) is 22.5 Å². The third-order valence-corrected chi connectivity index (χ3v) is 2.99. The number of ether oxygens (including phenoxy) is 1. The molecular formula is C13H17ClN2O. The monoisotopic (exact) mass is 252 g/mol. The molecule has 0 aliphatic heterocycles. The zero-order valence-electron chi connectivity index (χ0n) is 10.2. The summed E-state index contributed by atoms with van der Waals surface area (Å²) in [6.45, 7) is 3.15. The zero-order valence-corrected chi connectivity index (χ0v) is 11.0. The second kappa shape index (κ2) is 5.41. The molecule has 1 aromatic carbocycles. The molecule has 2 aromatic rings. The molecule has 0 unspecified atom stereocenters. The van der Waals surface area contributed by atoms with E-state index in [1.54, 1.807) is 7.11 Å². The summed E-state index contributed by atoms with van der Waals surface area (Å²) in [6, 6.07) is 6.01. The van der Waals surface area contributed by atoms with Gasteiger partial charge in [-0.15, -0.1) is 11.6 Å². The Bertz CT molecular complexity index is 507. The summed E-state index contributed by atoms with van der Waals surface area (Å²) in [5.41, 5.74) is 2.14. The molecule has 0 spiro atoms. The van der Waals surface area contributed by atoms with Crippen LogP contribution in [0.4, 0.5) is 0 Å². The predicted molar refractivity (Wildman–Crippen MR) is 71.0 cm³/mol. The van der Waals surface area contributed by atoms with Crippen LogP contribution < -0.4 is 4.74 Å². The van der Waals surface area contributed by atoms with E-state index in [4.69, 9.17) is 16.3 Å². The Kier molecular flexibility index (Phi) is 3.89. The largest absolute Gasteiger partial charge is 0.497 e. The van der Waals surface area contributed by atoms with Crippen LogP contribution in [0.15, 0.2) is 18.2 Å². The first-order chi connectivity index (χ1) is 8.30. The smallest absolute Gasteiger partial charge is 0.121 e. The topological polar surface area (TPSA) is 27.1 Å². The van der Waals surface area contributed by atoms with Gasteiger partial charge >= 0.3 is 0 Å². The normalized spacial score (nSPS) is 11.0. The lowest BCUT2D eigenvalue weighted by atomic mass is 10.3. The second-order valence-electron chi connectivity index (χ2n) is 3.97. The summed E-state index contributed by atoms with van der Waals surface area (Å²) >= 11 is 5.82. The number of aryl methyl sites for hydroxylation is 2. The van der Waals surface area contributed by atoms with Crippen molar-refractivity contribution < 1.29 is 4.74 Å². The van der Waals surface area contributed by atoms with Crippen molar-refractivity contribution in [1.82, 2.24) is 9.55 Å². The summed E-state index contributed by atoms with van der Waals surface area (Å²) in [5, 5.41) is 0. The fourth-order valence-electron chi connectivity index (χ4n) is 2.03. The van der Waals surface area contributed by atoms with Gasteiger partial charge in [-0.3, -0.25) is 0 Å². The van der Waals surface area contributed by atoms with Crippen LogP contribution in [0, 0.1) is 0 Å². The van der Waals surface area contributed by atoms with E-state index >= 15 is 0 Å². The number of halogens is 1. The van der Waals surface area contributed by atoms with Crippen molar-refractivity contribution in [3.05, 3.63) is 24.0 Å². The van der Waals surface area contributed by atoms with Crippen LogP contribution in [0.5, 0.6) is 5.75 Å². The lowest BCUT2D eigenvalue weighted by Gasteiger charge is -2.06. The van der Waals surface area contributed by atoms with Crippen molar-refractivity contribution in [3.8, 4) is 5.75 Å². The van der Waals surface area contributed by atoms with Gasteiger partial charge in [0.15, 0.2) is 0 Å². The van der Waals surface area contributed by atoms with E-state index in [0.29, 0.717) is 5.88 Å². The third-order valence-electron chi connectivity index (χ3n) is 2.80. The molecule has 0 N–H and O–H groups in total. The Morgan fingerprint density at radius 3 is 2.88 bits per heavy atom. The fourth-order valence-corrected chi connectivity index (χ4v) is 2.20. The van der Waals surface area contributed by atoms with E-state index in [0.717, 1.165) is 42.0 Å². The number of imidazole rings is 1. The van der Waals surface area contributed by atoms with Crippen LogP contribution in [-0.2, 0) is 13.0 Å². The van der Waals surface area contributed by atoms with Crippen molar-refractivity contribution in [2.75, 3.05) is 13.0 Å². The SMILES string of the molecule is CCCn1c(CCCl)nc2cc(OC)ccc21. The Morgan fingerprint density at radius 2 is 2.24 bits per heavy atom. The van der Waals surface area contributed by atoms with Crippen molar-refractivity contribution in [3.63, 3.8) is 0 Å². The van der Waals surface area contributed by atoms with Gasteiger partial charge in [0.1, 0.15) is 11.6 Å². The van der Waals surface area contributed by atoms with Crippen LogP contribution >= 0.6 is 11.6 Å². The average Bonchev–Trinajstić information content (AvgIpc) is 2.68. The van der Waals surface area contributed by atoms with Crippen molar-refractivity contribution in [2.24, 2.45) is 0 Å². The molecule has 92 valence electrons. The minimum atomic E-state index is 0.601. The molecule has 17 heavy (non-hydrogen) atoms. The second-order valence-corrected chi connectivity index (χ2v) is 4.35. The Balaban J connectivity index is 2.52. The molecule has 0 radical (unpaired) electrons. The lowest BCUT2D eigenvalue weighted by Crippen LogP contribution is -2.03. The molecule has 0 saturated heterocycles. The van der Waals surface area contributed by atoms with E-state index in [9.17, 15) is 0 Å². The highest BCUT2D eigenvalue weighted by atomic mass is 35.5. The van der Waals surface area contributed by atoms with Gasteiger partial charge in [0.05, 0.1) is 18.1 Å². The van der Waals surface area contributed by atoms with Gasteiger partial charge in [-0.2, -0.15) is 0 Å². The molecule has 0 atom stereocenters. The quantitative estimate of drug-likeness (QED) is 0.764. The van der Waals surface area contributed by atoms with Crippen molar-refractivity contribution in [1.29, 1.82) is 0 Å². The highest BCUT2D eigenvalue weighted by Gasteiger charge is 2.10. The first-order valence-corrected chi connectivity index (χ1v) is 6.42. The van der Waals surface area contributed by atoms with Gasteiger partial charge in [-0.1, -0.05) is 6.92 Å². The molecule has 0 fully saturated rings. The zero-order chi connectivity index (χ0) is 12.3. The van der Waals surface area contributed by atoms with E-state index in [1.165, 1.54) is 0 Å². The summed E-state index contributed by atoms with van der Waals surface area (Å²) in [5.74, 6) is 2.51. The minimum Gasteiger partial charge on any atom is -0.497 e. The van der Waals surface area contributed by atoms with Gasteiger partial charge < -0.3 is 9.30 Å². The number of alkyl halides is 1. The first-order valence-electron chi connectivity index (χ1n) is 5.89. The average molecular weight is 253 g/mol. The Labute approximate surface area is 106 Å². The van der Waals surface area contributed by atoms with E-state index in [1.807, 2.05) is 12.1 Å². The fraction of sp³-hybridized carbons (Fsp3) is 0.462.